The Kier molecular flexibility index (Phi) is 6.60. The van der Waals surface area contributed by atoms with Gasteiger partial charge in [0.15, 0.2) is 0 Å². The molecule has 1 aliphatic heterocycles. The first-order valence-corrected chi connectivity index (χ1v) is 6.72. The molecule has 1 rings (SSSR count). The maximum absolute atomic E-state index is 12.1. The summed E-state index contributed by atoms with van der Waals surface area (Å²) in [7, 11) is 1.68. The molecule has 1 heterocycles. The Morgan fingerprint density at radius 2 is 2.22 bits per heavy atom. The highest BCUT2D eigenvalue weighted by Crippen LogP contribution is 2.11. The summed E-state index contributed by atoms with van der Waals surface area (Å²) in [6, 6.07) is -0.0707. The van der Waals surface area contributed by atoms with Crippen LogP contribution in [0.5, 0.6) is 0 Å². The van der Waals surface area contributed by atoms with E-state index in [0.29, 0.717) is 19.1 Å². The van der Waals surface area contributed by atoms with E-state index in [0.717, 1.165) is 13.0 Å². The highest BCUT2D eigenvalue weighted by Gasteiger charge is 2.30. The average molecular weight is 258 g/mol. The zero-order valence-electron chi connectivity index (χ0n) is 11.9. The quantitative estimate of drug-likeness (QED) is 0.700. The van der Waals surface area contributed by atoms with Gasteiger partial charge in [-0.1, -0.05) is 13.8 Å². The number of rotatable bonds is 7. The van der Waals surface area contributed by atoms with E-state index in [2.05, 4.69) is 24.5 Å². The van der Waals surface area contributed by atoms with Crippen molar-refractivity contribution in [3.8, 4) is 0 Å². The molecule has 0 bridgehead atoms. The lowest BCUT2D eigenvalue weighted by Gasteiger charge is -2.24. The van der Waals surface area contributed by atoms with Gasteiger partial charge >= 0.3 is 0 Å². The Hall–Kier alpha value is -0.650. The first-order valence-electron chi connectivity index (χ1n) is 6.72. The Morgan fingerprint density at radius 3 is 2.72 bits per heavy atom. The van der Waals surface area contributed by atoms with Gasteiger partial charge in [0, 0.05) is 20.3 Å². The van der Waals surface area contributed by atoms with Gasteiger partial charge in [0.2, 0.25) is 5.91 Å². The van der Waals surface area contributed by atoms with Crippen molar-refractivity contribution >= 4 is 5.91 Å². The van der Waals surface area contributed by atoms with Crippen molar-refractivity contribution in [2.24, 2.45) is 5.92 Å². The molecule has 0 aromatic carbocycles. The first-order chi connectivity index (χ1) is 8.58. The van der Waals surface area contributed by atoms with Crippen molar-refractivity contribution in [2.45, 2.75) is 45.4 Å². The normalized spacial score (nSPS) is 25.4. The lowest BCUT2D eigenvalue weighted by atomic mass is 10.0. The third-order valence-electron chi connectivity index (χ3n) is 3.37. The topological polar surface area (TPSA) is 59.6 Å². The molecule has 1 aliphatic rings. The second kappa shape index (κ2) is 7.71. The van der Waals surface area contributed by atoms with Crippen LogP contribution in [0.1, 0.15) is 27.2 Å². The van der Waals surface area contributed by atoms with Gasteiger partial charge < -0.3 is 20.1 Å². The number of carbonyl (C=O) groups is 1. The summed E-state index contributed by atoms with van der Waals surface area (Å²) in [6.07, 6.45) is 0.882. The number of ether oxygens (including phenoxy) is 2. The summed E-state index contributed by atoms with van der Waals surface area (Å²) in [6.45, 7) is 8.12. The maximum Gasteiger partial charge on any atom is 0.237 e. The lowest BCUT2D eigenvalue weighted by Crippen LogP contribution is -2.48. The van der Waals surface area contributed by atoms with E-state index < -0.39 is 0 Å². The van der Waals surface area contributed by atoms with Gasteiger partial charge in [0.1, 0.15) is 0 Å². The summed E-state index contributed by atoms with van der Waals surface area (Å²) in [5.74, 6) is 0.410. The van der Waals surface area contributed by atoms with Crippen LogP contribution in [-0.4, -0.2) is 51.0 Å². The minimum absolute atomic E-state index is 0.0490. The van der Waals surface area contributed by atoms with Crippen molar-refractivity contribution in [3.05, 3.63) is 0 Å². The van der Waals surface area contributed by atoms with Gasteiger partial charge in [-0.05, 0) is 19.3 Å². The van der Waals surface area contributed by atoms with Gasteiger partial charge in [0.05, 0.1) is 24.8 Å². The highest BCUT2D eigenvalue weighted by atomic mass is 16.5. The molecule has 0 spiro atoms. The van der Waals surface area contributed by atoms with E-state index in [1.165, 1.54) is 0 Å². The number of carbonyl (C=O) groups excluding carboxylic acids is 1. The van der Waals surface area contributed by atoms with Crippen molar-refractivity contribution in [1.29, 1.82) is 0 Å². The molecule has 0 aromatic rings. The number of methoxy groups -OCH3 is 1. The van der Waals surface area contributed by atoms with Crippen LogP contribution < -0.4 is 10.6 Å². The maximum atomic E-state index is 12.1. The molecule has 3 atom stereocenters. The van der Waals surface area contributed by atoms with E-state index in [1.807, 2.05) is 6.92 Å². The van der Waals surface area contributed by atoms with Crippen LogP contribution in [0.25, 0.3) is 0 Å². The summed E-state index contributed by atoms with van der Waals surface area (Å²) in [5, 5.41) is 6.24. The van der Waals surface area contributed by atoms with E-state index in [9.17, 15) is 4.79 Å². The molecular formula is C13H26N2O3. The minimum atomic E-state index is -0.141. The van der Waals surface area contributed by atoms with E-state index in [4.69, 9.17) is 9.47 Å². The SMILES string of the molecule is CCOCC(NC(=O)C1CC(OC)CN1)C(C)C. The number of amides is 1. The first kappa shape index (κ1) is 15.4. The van der Waals surface area contributed by atoms with Crippen LogP contribution in [-0.2, 0) is 14.3 Å². The van der Waals surface area contributed by atoms with Gasteiger partial charge in [-0.3, -0.25) is 4.79 Å². The van der Waals surface area contributed by atoms with Gasteiger partial charge in [0.25, 0.3) is 0 Å². The molecule has 0 radical (unpaired) electrons. The van der Waals surface area contributed by atoms with E-state index >= 15 is 0 Å². The molecule has 0 aromatic heterocycles. The summed E-state index contributed by atoms with van der Waals surface area (Å²) >= 11 is 0. The molecule has 18 heavy (non-hydrogen) atoms. The predicted molar refractivity (Wildman–Crippen MR) is 70.5 cm³/mol. The fourth-order valence-corrected chi connectivity index (χ4v) is 2.01. The van der Waals surface area contributed by atoms with Gasteiger partial charge in [-0.15, -0.1) is 0 Å². The zero-order valence-corrected chi connectivity index (χ0v) is 11.9. The van der Waals surface area contributed by atoms with E-state index in [1.54, 1.807) is 7.11 Å². The average Bonchev–Trinajstić information content (AvgIpc) is 2.82. The number of nitrogens with one attached hydrogen (secondary N) is 2. The van der Waals surface area contributed by atoms with Crippen LogP contribution >= 0.6 is 0 Å². The highest BCUT2D eigenvalue weighted by molar-refractivity contribution is 5.82. The standard InChI is InChI=1S/C13H26N2O3/c1-5-18-8-12(9(2)3)15-13(16)11-6-10(17-4)7-14-11/h9-12,14H,5-8H2,1-4H3,(H,15,16). The molecule has 0 saturated carbocycles. The van der Waals surface area contributed by atoms with E-state index in [-0.39, 0.29) is 24.1 Å². The Labute approximate surface area is 110 Å². The van der Waals surface area contributed by atoms with Gasteiger partial charge in [-0.2, -0.15) is 0 Å². The second-order valence-corrected chi connectivity index (χ2v) is 5.07. The zero-order chi connectivity index (χ0) is 13.5. The molecule has 5 heteroatoms. The third kappa shape index (κ3) is 4.55. The third-order valence-corrected chi connectivity index (χ3v) is 3.37. The largest absolute Gasteiger partial charge is 0.380 e. The predicted octanol–water partition coefficient (Wildman–Crippen LogP) is 0.541. The molecule has 1 fully saturated rings. The molecule has 0 aliphatic carbocycles. The lowest BCUT2D eigenvalue weighted by molar-refractivity contribution is -0.124. The molecule has 2 N–H and O–H groups in total. The molecule has 3 unspecified atom stereocenters. The van der Waals surface area contributed by atoms with Crippen molar-refractivity contribution in [2.75, 3.05) is 26.9 Å². The summed E-state index contributed by atoms with van der Waals surface area (Å²) < 4.78 is 10.6. The number of hydrogen-bond donors (Lipinski definition) is 2. The van der Waals surface area contributed by atoms with Gasteiger partial charge in [-0.25, -0.2) is 0 Å². The minimum Gasteiger partial charge on any atom is -0.380 e. The number of hydrogen-bond acceptors (Lipinski definition) is 4. The second-order valence-electron chi connectivity index (χ2n) is 5.07. The molecule has 106 valence electrons. The van der Waals surface area contributed by atoms with Crippen molar-refractivity contribution in [1.82, 2.24) is 10.6 Å². The Bertz CT molecular complexity index is 259. The van der Waals surface area contributed by atoms with Crippen LogP contribution in [0.2, 0.25) is 0 Å². The molecular weight excluding hydrogens is 232 g/mol. The van der Waals surface area contributed by atoms with Crippen LogP contribution in [0, 0.1) is 5.92 Å². The van der Waals surface area contributed by atoms with Crippen molar-refractivity contribution in [3.63, 3.8) is 0 Å². The summed E-state index contributed by atoms with van der Waals surface area (Å²) in [5.41, 5.74) is 0. The smallest absolute Gasteiger partial charge is 0.237 e. The molecule has 1 amide bonds. The fraction of sp³-hybridized carbons (Fsp3) is 0.923. The fourth-order valence-electron chi connectivity index (χ4n) is 2.01. The Balaban J connectivity index is 2.41. The summed E-state index contributed by atoms with van der Waals surface area (Å²) in [4.78, 5) is 12.1. The van der Waals surface area contributed by atoms with Crippen LogP contribution in [0.4, 0.5) is 0 Å². The molecule has 5 nitrogen and oxygen atoms in total. The molecule has 1 saturated heterocycles. The van der Waals surface area contributed by atoms with Crippen molar-refractivity contribution < 1.29 is 14.3 Å². The van der Waals surface area contributed by atoms with Crippen LogP contribution in [0.15, 0.2) is 0 Å². The van der Waals surface area contributed by atoms with Crippen LogP contribution in [0.3, 0.4) is 0 Å². The Morgan fingerprint density at radius 1 is 1.50 bits per heavy atom. The monoisotopic (exact) mass is 258 g/mol.